The molecule has 3 heteroatoms. The molecule has 1 heterocycles. The van der Waals surface area contributed by atoms with Gasteiger partial charge < -0.3 is 10.4 Å². The van der Waals surface area contributed by atoms with Crippen LogP contribution in [0.25, 0.3) is 0 Å². The van der Waals surface area contributed by atoms with Gasteiger partial charge in [-0.15, -0.1) is 0 Å². The topological polar surface area (TPSA) is 32.3 Å². The summed E-state index contributed by atoms with van der Waals surface area (Å²) in [6.45, 7) is 0. The number of anilines is 1. The minimum absolute atomic E-state index is 0.273. The van der Waals surface area contributed by atoms with E-state index in [1.54, 1.807) is 6.07 Å². The van der Waals surface area contributed by atoms with Crippen LogP contribution in [0.5, 0.6) is 0 Å². The molecule has 0 bridgehead atoms. The lowest BCUT2D eigenvalue weighted by atomic mass is 10.1. The lowest BCUT2D eigenvalue weighted by Gasteiger charge is -2.00. The SMILES string of the molecule is OC1Cc2ccc(F)cc2N1. The summed E-state index contributed by atoms with van der Waals surface area (Å²) in [5.41, 5.74) is 1.68. The molecular weight excluding hydrogens is 145 g/mol. The molecule has 0 saturated carbocycles. The predicted octanol–water partition coefficient (Wildman–Crippen LogP) is 1.11. The highest BCUT2D eigenvalue weighted by molar-refractivity contribution is 5.56. The average molecular weight is 153 g/mol. The number of aliphatic hydroxyl groups excluding tert-OH is 1. The molecule has 2 nitrogen and oxygen atoms in total. The Hall–Kier alpha value is -1.09. The van der Waals surface area contributed by atoms with E-state index in [0.717, 1.165) is 5.56 Å². The highest BCUT2D eigenvalue weighted by Gasteiger charge is 2.17. The van der Waals surface area contributed by atoms with Crippen molar-refractivity contribution in [1.82, 2.24) is 0 Å². The monoisotopic (exact) mass is 153 g/mol. The van der Waals surface area contributed by atoms with Crippen molar-refractivity contribution in [2.24, 2.45) is 0 Å². The lowest BCUT2D eigenvalue weighted by molar-refractivity contribution is 0.212. The largest absolute Gasteiger partial charge is 0.373 e. The normalized spacial score (nSPS) is 21.1. The number of nitrogens with one attached hydrogen (secondary N) is 1. The Morgan fingerprint density at radius 3 is 3.18 bits per heavy atom. The number of fused-ring (bicyclic) bond motifs is 1. The van der Waals surface area contributed by atoms with Crippen molar-refractivity contribution in [2.45, 2.75) is 12.6 Å². The number of rotatable bonds is 0. The molecule has 1 aliphatic rings. The summed E-state index contributed by atoms with van der Waals surface area (Å²) in [7, 11) is 0. The molecule has 1 aromatic rings. The van der Waals surface area contributed by atoms with Crippen molar-refractivity contribution < 1.29 is 9.50 Å². The first-order valence-electron chi connectivity index (χ1n) is 3.49. The van der Waals surface area contributed by atoms with Crippen molar-refractivity contribution in [2.75, 3.05) is 5.32 Å². The summed E-state index contributed by atoms with van der Waals surface area (Å²) < 4.78 is 12.6. The third kappa shape index (κ3) is 1.07. The second kappa shape index (κ2) is 2.20. The second-order valence-corrected chi connectivity index (χ2v) is 2.67. The van der Waals surface area contributed by atoms with Crippen LogP contribution in [-0.4, -0.2) is 11.3 Å². The van der Waals surface area contributed by atoms with E-state index in [0.29, 0.717) is 12.1 Å². The number of aliphatic hydroxyl groups is 1. The molecule has 2 rings (SSSR count). The zero-order chi connectivity index (χ0) is 7.84. The Balaban J connectivity index is 2.43. The standard InChI is InChI=1S/C8H8FNO/c9-6-2-1-5-3-8(11)10-7(5)4-6/h1-2,4,8,10-11H,3H2. The van der Waals surface area contributed by atoms with Crippen LogP contribution in [0.1, 0.15) is 5.56 Å². The van der Waals surface area contributed by atoms with Gasteiger partial charge in [0, 0.05) is 12.1 Å². The van der Waals surface area contributed by atoms with Gasteiger partial charge in [0.25, 0.3) is 0 Å². The van der Waals surface area contributed by atoms with Gasteiger partial charge in [-0.05, 0) is 17.7 Å². The van der Waals surface area contributed by atoms with Gasteiger partial charge in [-0.2, -0.15) is 0 Å². The fourth-order valence-corrected chi connectivity index (χ4v) is 1.30. The van der Waals surface area contributed by atoms with E-state index >= 15 is 0 Å². The quantitative estimate of drug-likeness (QED) is 0.585. The molecule has 1 unspecified atom stereocenters. The van der Waals surface area contributed by atoms with Crippen molar-refractivity contribution in [3.05, 3.63) is 29.6 Å². The first-order valence-corrected chi connectivity index (χ1v) is 3.49. The van der Waals surface area contributed by atoms with Crippen LogP contribution in [0.3, 0.4) is 0 Å². The van der Waals surface area contributed by atoms with E-state index in [1.807, 2.05) is 0 Å². The highest BCUT2D eigenvalue weighted by Crippen LogP contribution is 2.24. The van der Waals surface area contributed by atoms with E-state index in [1.165, 1.54) is 12.1 Å². The smallest absolute Gasteiger partial charge is 0.128 e. The molecule has 58 valence electrons. The van der Waals surface area contributed by atoms with Crippen LogP contribution in [0, 0.1) is 5.82 Å². The Labute approximate surface area is 63.7 Å². The van der Waals surface area contributed by atoms with Gasteiger partial charge in [0.1, 0.15) is 12.0 Å². The Morgan fingerprint density at radius 1 is 1.55 bits per heavy atom. The lowest BCUT2D eigenvalue weighted by Crippen LogP contribution is -2.12. The van der Waals surface area contributed by atoms with E-state index in [-0.39, 0.29) is 5.82 Å². The van der Waals surface area contributed by atoms with E-state index in [9.17, 15) is 4.39 Å². The Morgan fingerprint density at radius 2 is 2.36 bits per heavy atom. The van der Waals surface area contributed by atoms with Gasteiger partial charge in [0.05, 0.1) is 0 Å². The molecule has 0 spiro atoms. The number of halogens is 1. The molecule has 1 aromatic carbocycles. The van der Waals surface area contributed by atoms with Gasteiger partial charge in [0.15, 0.2) is 0 Å². The molecule has 0 aliphatic carbocycles. The number of hydrogen-bond acceptors (Lipinski definition) is 2. The molecular formula is C8H8FNO. The van der Waals surface area contributed by atoms with E-state index < -0.39 is 6.23 Å². The van der Waals surface area contributed by atoms with E-state index in [2.05, 4.69) is 5.32 Å². The fraction of sp³-hybridized carbons (Fsp3) is 0.250. The predicted molar refractivity (Wildman–Crippen MR) is 39.7 cm³/mol. The van der Waals surface area contributed by atoms with Crippen LogP contribution in [0.4, 0.5) is 10.1 Å². The molecule has 1 aliphatic heterocycles. The van der Waals surface area contributed by atoms with Crippen LogP contribution >= 0.6 is 0 Å². The molecule has 0 aromatic heterocycles. The van der Waals surface area contributed by atoms with Crippen molar-refractivity contribution >= 4 is 5.69 Å². The first-order chi connectivity index (χ1) is 5.25. The number of benzene rings is 1. The van der Waals surface area contributed by atoms with Gasteiger partial charge in [0.2, 0.25) is 0 Å². The average Bonchev–Trinajstić information content (AvgIpc) is 2.27. The van der Waals surface area contributed by atoms with Crippen molar-refractivity contribution in [3.8, 4) is 0 Å². The number of hydrogen-bond donors (Lipinski definition) is 2. The van der Waals surface area contributed by atoms with Gasteiger partial charge in [-0.1, -0.05) is 6.07 Å². The molecule has 0 saturated heterocycles. The summed E-state index contributed by atoms with van der Waals surface area (Å²) in [5.74, 6) is -0.273. The molecule has 2 N–H and O–H groups in total. The third-order valence-electron chi connectivity index (χ3n) is 1.81. The minimum atomic E-state index is -0.549. The van der Waals surface area contributed by atoms with Crippen molar-refractivity contribution in [3.63, 3.8) is 0 Å². The zero-order valence-electron chi connectivity index (χ0n) is 5.84. The molecule has 0 fully saturated rings. The maximum absolute atomic E-state index is 12.6. The summed E-state index contributed by atoms with van der Waals surface area (Å²) in [6.07, 6.45) is 0.0158. The van der Waals surface area contributed by atoms with Gasteiger partial charge in [-0.3, -0.25) is 0 Å². The fourth-order valence-electron chi connectivity index (χ4n) is 1.30. The highest BCUT2D eigenvalue weighted by atomic mass is 19.1. The minimum Gasteiger partial charge on any atom is -0.373 e. The first kappa shape index (κ1) is 6.61. The van der Waals surface area contributed by atoms with E-state index in [4.69, 9.17) is 5.11 Å². The van der Waals surface area contributed by atoms with Crippen LogP contribution in [-0.2, 0) is 6.42 Å². The van der Waals surface area contributed by atoms with Crippen LogP contribution < -0.4 is 5.32 Å². The molecule has 0 amide bonds. The maximum Gasteiger partial charge on any atom is 0.128 e. The summed E-state index contributed by atoms with van der Waals surface area (Å²) >= 11 is 0. The summed E-state index contributed by atoms with van der Waals surface area (Å²) in [6, 6.07) is 4.48. The summed E-state index contributed by atoms with van der Waals surface area (Å²) in [4.78, 5) is 0. The Kier molecular flexibility index (Phi) is 1.32. The Bertz CT molecular complexity index is 287. The molecule has 1 atom stereocenters. The van der Waals surface area contributed by atoms with Crippen molar-refractivity contribution in [1.29, 1.82) is 0 Å². The third-order valence-corrected chi connectivity index (χ3v) is 1.81. The van der Waals surface area contributed by atoms with Crippen LogP contribution in [0.15, 0.2) is 18.2 Å². The van der Waals surface area contributed by atoms with Crippen LogP contribution in [0.2, 0.25) is 0 Å². The zero-order valence-corrected chi connectivity index (χ0v) is 5.84. The second-order valence-electron chi connectivity index (χ2n) is 2.67. The molecule has 11 heavy (non-hydrogen) atoms. The molecule has 0 radical (unpaired) electrons. The maximum atomic E-state index is 12.6. The van der Waals surface area contributed by atoms with Gasteiger partial charge >= 0.3 is 0 Å². The van der Waals surface area contributed by atoms with Gasteiger partial charge in [-0.25, -0.2) is 4.39 Å². The summed E-state index contributed by atoms with van der Waals surface area (Å²) in [5, 5.41) is 11.9.